The van der Waals surface area contributed by atoms with Gasteiger partial charge in [-0.15, -0.1) is 0 Å². The van der Waals surface area contributed by atoms with E-state index >= 15 is 0 Å². The van der Waals surface area contributed by atoms with Crippen LogP contribution in [0.4, 0.5) is 4.39 Å². The van der Waals surface area contributed by atoms with Gasteiger partial charge < -0.3 is 10.4 Å². The van der Waals surface area contributed by atoms with E-state index in [1.165, 1.54) is 12.1 Å². The van der Waals surface area contributed by atoms with Gasteiger partial charge in [-0.2, -0.15) is 0 Å². The first-order valence-corrected chi connectivity index (χ1v) is 5.88. The van der Waals surface area contributed by atoms with Gasteiger partial charge in [-0.05, 0) is 37.0 Å². The largest absolute Gasteiger partial charge is 0.388 e. The number of amides is 1. The maximum absolute atomic E-state index is 12.7. The lowest BCUT2D eigenvalue weighted by Gasteiger charge is -2.10. The normalized spacial score (nSPS) is 16.6. The van der Waals surface area contributed by atoms with Gasteiger partial charge in [0.05, 0.1) is 6.10 Å². The predicted octanol–water partition coefficient (Wildman–Crippen LogP) is 1.92. The Balaban J connectivity index is 1.77. The summed E-state index contributed by atoms with van der Waals surface area (Å²) in [5.74, 6) is -0.346. The molecule has 1 saturated carbocycles. The minimum Gasteiger partial charge on any atom is -0.388 e. The highest BCUT2D eigenvalue weighted by molar-refractivity contribution is 5.76. The van der Waals surface area contributed by atoms with Crippen LogP contribution in [0.25, 0.3) is 0 Å². The number of nitrogens with one attached hydrogen (secondary N) is 1. The van der Waals surface area contributed by atoms with Crippen molar-refractivity contribution in [2.24, 2.45) is 0 Å². The van der Waals surface area contributed by atoms with Crippen LogP contribution in [0.15, 0.2) is 24.3 Å². The van der Waals surface area contributed by atoms with Gasteiger partial charge in [0.15, 0.2) is 0 Å². The van der Waals surface area contributed by atoms with Gasteiger partial charge >= 0.3 is 0 Å². The molecule has 1 atom stereocenters. The number of aliphatic hydroxyl groups excluding tert-OH is 1. The number of hydrogen-bond acceptors (Lipinski definition) is 2. The van der Waals surface area contributed by atoms with Gasteiger partial charge in [0.1, 0.15) is 5.82 Å². The highest BCUT2D eigenvalue weighted by Gasteiger charge is 2.23. The van der Waals surface area contributed by atoms with E-state index in [1.54, 1.807) is 12.1 Å². The zero-order valence-electron chi connectivity index (χ0n) is 9.53. The molecule has 0 aliphatic heterocycles. The first-order chi connectivity index (χ1) is 8.15. The van der Waals surface area contributed by atoms with Crippen LogP contribution in [0, 0.1) is 5.82 Å². The number of carbonyl (C=O) groups excluding carboxylic acids is 1. The molecule has 0 bridgehead atoms. The lowest BCUT2D eigenvalue weighted by atomic mass is 10.0. The molecule has 2 N–H and O–H groups in total. The Hall–Kier alpha value is -1.42. The van der Waals surface area contributed by atoms with E-state index in [1.807, 2.05) is 0 Å². The molecule has 17 heavy (non-hydrogen) atoms. The Kier molecular flexibility index (Phi) is 3.74. The van der Waals surface area contributed by atoms with Crippen LogP contribution >= 0.6 is 0 Å². The van der Waals surface area contributed by atoms with Crippen molar-refractivity contribution in [3.05, 3.63) is 35.6 Å². The fourth-order valence-electron chi connectivity index (χ4n) is 1.65. The monoisotopic (exact) mass is 237 g/mol. The van der Waals surface area contributed by atoms with Gasteiger partial charge in [0.25, 0.3) is 0 Å². The highest BCUT2D eigenvalue weighted by Crippen LogP contribution is 2.21. The third-order valence-corrected chi connectivity index (χ3v) is 2.84. The number of rotatable bonds is 5. The quantitative estimate of drug-likeness (QED) is 0.822. The zero-order valence-corrected chi connectivity index (χ0v) is 9.53. The highest BCUT2D eigenvalue weighted by atomic mass is 19.1. The summed E-state index contributed by atoms with van der Waals surface area (Å²) in [6.07, 6.45) is 2.08. The Morgan fingerprint density at radius 3 is 2.65 bits per heavy atom. The molecular weight excluding hydrogens is 221 g/mol. The minimum atomic E-state index is -0.708. The fourth-order valence-corrected chi connectivity index (χ4v) is 1.65. The third-order valence-electron chi connectivity index (χ3n) is 2.84. The van der Waals surface area contributed by atoms with Crippen molar-refractivity contribution < 1.29 is 14.3 Å². The van der Waals surface area contributed by atoms with E-state index in [0.29, 0.717) is 24.4 Å². The smallest absolute Gasteiger partial charge is 0.220 e. The molecule has 0 spiro atoms. The van der Waals surface area contributed by atoms with Crippen LogP contribution in [0.2, 0.25) is 0 Å². The molecule has 1 unspecified atom stereocenters. The van der Waals surface area contributed by atoms with Crippen molar-refractivity contribution in [2.75, 3.05) is 0 Å². The fraction of sp³-hybridized carbons (Fsp3) is 0.462. The molecule has 1 aliphatic rings. The Labute approximate surface area is 99.7 Å². The summed E-state index contributed by atoms with van der Waals surface area (Å²) >= 11 is 0. The number of benzene rings is 1. The zero-order chi connectivity index (χ0) is 12.3. The molecule has 4 heteroatoms. The van der Waals surface area contributed by atoms with Gasteiger partial charge in [0.2, 0.25) is 5.91 Å². The number of hydrogen-bond donors (Lipinski definition) is 2. The van der Waals surface area contributed by atoms with E-state index in [0.717, 1.165) is 12.8 Å². The van der Waals surface area contributed by atoms with Gasteiger partial charge in [-0.1, -0.05) is 12.1 Å². The van der Waals surface area contributed by atoms with Crippen LogP contribution in [0.1, 0.15) is 37.4 Å². The Morgan fingerprint density at radius 2 is 2.06 bits per heavy atom. The second kappa shape index (κ2) is 5.27. The summed E-state index contributed by atoms with van der Waals surface area (Å²) in [5.41, 5.74) is 0.644. The standard InChI is InChI=1S/C13H16FNO2/c14-10-3-1-9(2-4-10)12(16)7-8-13(17)15-11-5-6-11/h1-4,11-12,16H,5-8H2,(H,15,17). The molecule has 1 aromatic carbocycles. The topological polar surface area (TPSA) is 49.3 Å². The minimum absolute atomic E-state index is 0.0198. The Bertz CT molecular complexity index is 387. The van der Waals surface area contributed by atoms with Crippen molar-refractivity contribution in [3.63, 3.8) is 0 Å². The second-order valence-electron chi connectivity index (χ2n) is 4.45. The van der Waals surface area contributed by atoms with Crippen molar-refractivity contribution in [3.8, 4) is 0 Å². The summed E-state index contributed by atoms with van der Waals surface area (Å²) in [5, 5.41) is 12.7. The first-order valence-electron chi connectivity index (χ1n) is 5.88. The summed E-state index contributed by atoms with van der Waals surface area (Å²) in [7, 11) is 0. The van der Waals surface area contributed by atoms with E-state index in [9.17, 15) is 14.3 Å². The molecule has 3 nitrogen and oxygen atoms in total. The van der Waals surface area contributed by atoms with Gasteiger partial charge in [0, 0.05) is 12.5 Å². The van der Waals surface area contributed by atoms with Crippen molar-refractivity contribution in [2.45, 2.75) is 37.8 Å². The van der Waals surface area contributed by atoms with Crippen molar-refractivity contribution in [1.82, 2.24) is 5.32 Å². The molecule has 1 amide bonds. The molecule has 1 aromatic rings. The molecule has 92 valence electrons. The summed E-state index contributed by atoms with van der Waals surface area (Å²) in [6, 6.07) is 6.05. The lowest BCUT2D eigenvalue weighted by Crippen LogP contribution is -2.25. The molecule has 1 fully saturated rings. The van der Waals surface area contributed by atoms with Gasteiger partial charge in [-0.25, -0.2) is 4.39 Å². The first kappa shape index (κ1) is 12.0. The Morgan fingerprint density at radius 1 is 1.41 bits per heavy atom. The maximum atomic E-state index is 12.7. The predicted molar refractivity (Wildman–Crippen MR) is 61.8 cm³/mol. The van der Waals surface area contributed by atoms with Crippen molar-refractivity contribution in [1.29, 1.82) is 0 Å². The molecule has 0 heterocycles. The van der Waals surface area contributed by atoms with Crippen molar-refractivity contribution >= 4 is 5.91 Å². The molecule has 2 rings (SSSR count). The second-order valence-corrected chi connectivity index (χ2v) is 4.45. The molecule has 1 aliphatic carbocycles. The van der Waals surface area contributed by atoms with Crippen LogP contribution in [0.5, 0.6) is 0 Å². The molecule has 0 saturated heterocycles. The van der Waals surface area contributed by atoms with E-state index in [2.05, 4.69) is 5.32 Å². The molecule has 0 radical (unpaired) electrons. The molecular formula is C13H16FNO2. The van der Waals surface area contributed by atoms with E-state index < -0.39 is 6.10 Å². The SMILES string of the molecule is O=C(CCC(O)c1ccc(F)cc1)NC1CC1. The van der Waals surface area contributed by atoms with E-state index in [4.69, 9.17) is 0 Å². The van der Waals surface area contributed by atoms with Crippen LogP contribution in [-0.2, 0) is 4.79 Å². The third kappa shape index (κ3) is 3.82. The number of halogens is 1. The van der Waals surface area contributed by atoms with Crippen LogP contribution in [0.3, 0.4) is 0 Å². The van der Waals surface area contributed by atoms with Crippen LogP contribution < -0.4 is 5.32 Å². The molecule has 0 aromatic heterocycles. The van der Waals surface area contributed by atoms with Crippen LogP contribution in [-0.4, -0.2) is 17.1 Å². The number of aliphatic hydroxyl groups is 1. The number of carbonyl (C=O) groups is 1. The summed E-state index contributed by atoms with van der Waals surface area (Å²) in [4.78, 5) is 11.4. The van der Waals surface area contributed by atoms with Gasteiger partial charge in [-0.3, -0.25) is 4.79 Å². The summed E-state index contributed by atoms with van der Waals surface area (Å²) < 4.78 is 12.7. The maximum Gasteiger partial charge on any atom is 0.220 e. The lowest BCUT2D eigenvalue weighted by molar-refractivity contribution is -0.121. The summed E-state index contributed by atoms with van der Waals surface area (Å²) in [6.45, 7) is 0. The average molecular weight is 237 g/mol. The van der Waals surface area contributed by atoms with E-state index in [-0.39, 0.29) is 11.7 Å². The average Bonchev–Trinajstić information content (AvgIpc) is 3.11.